The Labute approximate surface area is 165 Å². The summed E-state index contributed by atoms with van der Waals surface area (Å²) in [4.78, 5) is 18.2. The zero-order chi connectivity index (χ0) is 19.4. The molecule has 0 radical (unpaired) electrons. The average Bonchev–Trinajstić information content (AvgIpc) is 2.98. The molecule has 0 spiro atoms. The number of urea groups is 1. The van der Waals surface area contributed by atoms with Gasteiger partial charge in [-0.1, -0.05) is 58.4 Å². The van der Waals surface area contributed by atoms with E-state index in [-0.39, 0.29) is 16.9 Å². The number of fused-ring (bicyclic) bond motifs is 4. The summed E-state index contributed by atoms with van der Waals surface area (Å²) < 4.78 is 0. The van der Waals surface area contributed by atoms with Crippen molar-refractivity contribution in [1.82, 2.24) is 9.80 Å². The normalized spacial score (nSPS) is 34.5. The number of likely N-dealkylation sites (tertiary alicyclic amines) is 2. The Balaban J connectivity index is 1.68. The smallest absolute Gasteiger partial charge is 0.320 e. The first-order chi connectivity index (χ1) is 12.8. The van der Waals surface area contributed by atoms with E-state index in [4.69, 9.17) is 0 Å². The van der Waals surface area contributed by atoms with Crippen LogP contribution in [0.3, 0.4) is 0 Å². The van der Waals surface area contributed by atoms with Crippen molar-refractivity contribution in [2.24, 2.45) is 5.41 Å². The molecule has 0 saturated carbocycles. The average molecular weight is 369 g/mol. The predicted molar refractivity (Wildman–Crippen MR) is 111 cm³/mol. The van der Waals surface area contributed by atoms with Gasteiger partial charge in [0.2, 0.25) is 0 Å². The molecule has 148 valence electrons. The Hall–Kier alpha value is -1.51. The van der Waals surface area contributed by atoms with E-state index in [2.05, 4.69) is 68.7 Å². The number of carbonyl (C=O) groups excluding carboxylic acids is 1. The maximum Gasteiger partial charge on any atom is 0.320 e. The van der Waals surface area contributed by atoms with Crippen molar-refractivity contribution in [3.63, 3.8) is 0 Å². The van der Waals surface area contributed by atoms with E-state index in [1.54, 1.807) is 0 Å². The number of nitrogens with zero attached hydrogens (tertiary/aromatic N) is 2. The number of rotatable bonds is 2. The summed E-state index contributed by atoms with van der Waals surface area (Å²) in [6.45, 7) is 12.6. The van der Waals surface area contributed by atoms with Gasteiger partial charge in [0.05, 0.1) is 0 Å². The van der Waals surface area contributed by atoms with E-state index in [1.165, 1.54) is 17.5 Å². The van der Waals surface area contributed by atoms with Gasteiger partial charge in [-0.2, -0.15) is 0 Å². The maximum atomic E-state index is 13.8. The molecule has 2 saturated heterocycles. The lowest BCUT2D eigenvalue weighted by Gasteiger charge is -2.61. The van der Waals surface area contributed by atoms with Gasteiger partial charge < -0.3 is 9.80 Å². The zero-order valence-corrected chi connectivity index (χ0v) is 17.8. The summed E-state index contributed by atoms with van der Waals surface area (Å²) in [6.07, 6.45) is 6.66. The monoisotopic (exact) mass is 368 g/mol. The van der Waals surface area contributed by atoms with Gasteiger partial charge in [-0.25, -0.2) is 4.79 Å². The molecule has 1 aromatic carbocycles. The molecule has 4 rings (SSSR count). The van der Waals surface area contributed by atoms with Gasteiger partial charge in [0, 0.05) is 30.1 Å². The van der Waals surface area contributed by atoms with Crippen molar-refractivity contribution in [2.45, 2.75) is 96.7 Å². The lowest BCUT2D eigenvalue weighted by atomic mass is 9.51. The lowest BCUT2D eigenvalue weighted by molar-refractivity contribution is -0.0261. The van der Waals surface area contributed by atoms with E-state index in [9.17, 15) is 4.79 Å². The fourth-order valence-electron chi connectivity index (χ4n) is 6.28. The topological polar surface area (TPSA) is 23.6 Å². The van der Waals surface area contributed by atoms with Gasteiger partial charge >= 0.3 is 6.03 Å². The van der Waals surface area contributed by atoms with Crippen LogP contribution in [0.15, 0.2) is 24.3 Å². The summed E-state index contributed by atoms with van der Waals surface area (Å²) in [6, 6.07) is 10.3. The van der Waals surface area contributed by atoms with Crippen LogP contribution in [0, 0.1) is 5.41 Å². The second-order valence-electron chi connectivity index (χ2n) is 9.93. The fourth-order valence-corrected chi connectivity index (χ4v) is 6.28. The molecule has 0 unspecified atom stereocenters. The first-order valence-corrected chi connectivity index (χ1v) is 11.0. The Kier molecular flexibility index (Phi) is 4.56. The largest absolute Gasteiger partial charge is 0.321 e. The molecule has 3 nitrogen and oxygen atoms in total. The summed E-state index contributed by atoms with van der Waals surface area (Å²) in [7, 11) is 0. The van der Waals surface area contributed by atoms with Crippen LogP contribution in [0.5, 0.6) is 0 Å². The molecule has 1 aromatic rings. The molecular formula is C24H36N2O. The molecule has 3 heteroatoms. The van der Waals surface area contributed by atoms with Crippen LogP contribution in [-0.2, 0) is 11.8 Å². The van der Waals surface area contributed by atoms with Gasteiger partial charge in [-0.05, 0) is 55.6 Å². The SMILES string of the molecule is CCC[C@H]1CC[C@@H](C)N1C(=O)N1CC[C@@]2(C)c3ccccc3C[C@@H]1C2(C)C. The second-order valence-corrected chi connectivity index (χ2v) is 9.93. The van der Waals surface area contributed by atoms with E-state index in [1.807, 2.05) is 0 Å². The van der Waals surface area contributed by atoms with Crippen LogP contribution >= 0.6 is 0 Å². The van der Waals surface area contributed by atoms with Gasteiger partial charge in [-0.15, -0.1) is 0 Å². The van der Waals surface area contributed by atoms with E-state index < -0.39 is 0 Å². The molecular weight excluding hydrogens is 332 g/mol. The highest BCUT2D eigenvalue weighted by atomic mass is 16.2. The van der Waals surface area contributed by atoms with Crippen molar-refractivity contribution in [1.29, 1.82) is 0 Å². The lowest BCUT2D eigenvalue weighted by Crippen LogP contribution is -2.67. The molecule has 3 aliphatic rings. The highest BCUT2D eigenvalue weighted by Crippen LogP contribution is 2.56. The number of carbonyl (C=O) groups is 1. The summed E-state index contributed by atoms with van der Waals surface area (Å²) in [5, 5.41) is 0. The number of benzene rings is 1. The summed E-state index contributed by atoms with van der Waals surface area (Å²) in [5.74, 6) is 0. The number of hydrogen-bond donors (Lipinski definition) is 0. The Bertz CT molecular complexity index is 725. The predicted octanol–water partition coefficient (Wildman–Crippen LogP) is 5.37. The van der Waals surface area contributed by atoms with Gasteiger partial charge in [-0.3, -0.25) is 0 Å². The number of piperidine rings is 1. The first-order valence-electron chi connectivity index (χ1n) is 11.0. The third-order valence-corrected chi connectivity index (χ3v) is 8.38. The van der Waals surface area contributed by atoms with Crippen molar-refractivity contribution in [2.75, 3.05) is 6.54 Å². The zero-order valence-electron chi connectivity index (χ0n) is 17.8. The molecule has 0 aromatic heterocycles. The molecule has 2 heterocycles. The quantitative estimate of drug-likeness (QED) is 0.688. The summed E-state index contributed by atoms with van der Waals surface area (Å²) >= 11 is 0. The molecule has 2 fully saturated rings. The standard InChI is InChI=1S/C24H36N2O/c1-6-9-19-13-12-17(2)26(19)22(27)25-15-14-24(5)20-11-8-7-10-18(20)16-21(25)23(24,3)4/h7-8,10-11,17,19,21H,6,9,12-16H2,1-5H3/t17-,19+,21-,24+/m1/s1. The number of hydrogen-bond acceptors (Lipinski definition) is 1. The van der Waals surface area contributed by atoms with Crippen molar-refractivity contribution < 1.29 is 4.79 Å². The molecule has 27 heavy (non-hydrogen) atoms. The van der Waals surface area contributed by atoms with Crippen LogP contribution < -0.4 is 0 Å². The van der Waals surface area contributed by atoms with E-state index in [0.717, 1.165) is 38.6 Å². The Morgan fingerprint density at radius 3 is 2.67 bits per heavy atom. The van der Waals surface area contributed by atoms with Crippen molar-refractivity contribution in [3.8, 4) is 0 Å². The fraction of sp³-hybridized carbons (Fsp3) is 0.708. The minimum Gasteiger partial charge on any atom is -0.321 e. The van der Waals surface area contributed by atoms with Gasteiger partial charge in [0.15, 0.2) is 0 Å². The third kappa shape index (κ3) is 2.64. The van der Waals surface area contributed by atoms with Gasteiger partial charge in [0.25, 0.3) is 0 Å². The minimum absolute atomic E-state index is 0.0818. The van der Waals surface area contributed by atoms with Gasteiger partial charge in [0.1, 0.15) is 0 Å². The molecule has 2 bridgehead atoms. The molecule has 2 amide bonds. The highest BCUT2D eigenvalue weighted by molar-refractivity contribution is 5.76. The Morgan fingerprint density at radius 1 is 1.19 bits per heavy atom. The van der Waals surface area contributed by atoms with Crippen molar-refractivity contribution in [3.05, 3.63) is 35.4 Å². The van der Waals surface area contributed by atoms with Crippen LogP contribution in [0.25, 0.3) is 0 Å². The van der Waals surface area contributed by atoms with E-state index >= 15 is 0 Å². The van der Waals surface area contributed by atoms with Crippen LogP contribution in [-0.4, -0.2) is 40.5 Å². The minimum atomic E-state index is 0.0818. The third-order valence-electron chi connectivity index (χ3n) is 8.38. The van der Waals surface area contributed by atoms with Crippen LogP contribution in [0.4, 0.5) is 4.79 Å². The molecule has 1 aliphatic carbocycles. The van der Waals surface area contributed by atoms with Crippen LogP contribution in [0.2, 0.25) is 0 Å². The maximum absolute atomic E-state index is 13.8. The van der Waals surface area contributed by atoms with E-state index in [0.29, 0.717) is 18.1 Å². The molecule has 0 N–H and O–H groups in total. The first kappa shape index (κ1) is 18.8. The van der Waals surface area contributed by atoms with Crippen molar-refractivity contribution >= 4 is 6.03 Å². The molecule has 4 atom stereocenters. The highest BCUT2D eigenvalue weighted by Gasteiger charge is 2.57. The molecule has 2 aliphatic heterocycles. The van der Waals surface area contributed by atoms with Crippen LogP contribution in [0.1, 0.15) is 77.8 Å². The summed E-state index contributed by atoms with van der Waals surface area (Å²) in [5.41, 5.74) is 3.18. The second kappa shape index (κ2) is 6.53. The number of amides is 2. The Morgan fingerprint density at radius 2 is 1.93 bits per heavy atom.